The Morgan fingerprint density at radius 1 is 0.821 bits per heavy atom. The summed E-state index contributed by atoms with van der Waals surface area (Å²) in [5, 5.41) is 23.5. The first-order valence-electron chi connectivity index (χ1n) is 11.7. The highest BCUT2D eigenvalue weighted by atomic mass is 19.1. The van der Waals surface area contributed by atoms with Gasteiger partial charge in [0.2, 0.25) is 17.7 Å². The van der Waals surface area contributed by atoms with E-state index < -0.39 is 5.82 Å². The second-order valence-corrected chi connectivity index (χ2v) is 8.37. The number of hydrogen-bond acceptors (Lipinski definition) is 10. The maximum atomic E-state index is 13.9. The molecule has 6 rings (SSSR count). The van der Waals surface area contributed by atoms with Crippen molar-refractivity contribution >= 4 is 28.2 Å². The number of halogens is 1. The third-order valence-electron chi connectivity index (χ3n) is 5.82. The highest BCUT2D eigenvalue weighted by Gasteiger charge is 2.15. The molecule has 190 valence electrons. The van der Waals surface area contributed by atoms with Gasteiger partial charge in [0.25, 0.3) is 0 Å². The highest BCUT2D eigenvalue weighted by molar-refractivity contribution is 6.01. The van der Waals surface area contributed by atoms with Crippen LogP contribution in [-0.2, 0) is 0 Å². The van der Waals surface area contributed by atoms with Crippen molar-refractivity contribution in [3.8, 4) is 40.0 Å². The van der Waals surface area contributed by atoms with Gasteiger partial charge in [0.1, 0.15) is 17.3 Å². The molecule has 0 aliphatic rings. The maximum absolute atomic E-state index is 13.9. The largest absolute Gasteiger partial charge is 0.507 e. The molecular weight excluding hydrogens is 499 g/mol. The number of rotatable bonds is 6. The first-order chi connectivity index (χ1) is 19.0. The van der Waals surface area contributed by atoms with Crippen LogP contribution in [0.4, 0.5) is 21.8 Å². The second-order valence-electron chi connectivity index (χ2n) is 8.37. The number of anilines is 3. The number of fused-ring (bicyclic) bond motifs is 1. The van der Waals surface area contributed by atoms with E-state index in [1.54, 1.807) is 42.9 Å². The molecule has 0 saturated carbocycles. The van der Waals surface area contributed by atoms with Crippen LogP contribution in [0.15, 0.2) is 91.4 Å². The molecule has 4 aromatic heterocycles. The number of nitrogen functional groups attached to an aromatic ring is 1. The normalized spacial score (nSPS) is 10.9. The Balaban J connectivity index is 1.27. The van der Waals surface area contributed by atoms with Crippen LogP contribution in [0, 0.1) is 5.82 Å². The Morgan fingerprint density at radius 3 is 2.51 bits per heavy atom. The predicted octanol–water partition coefficient (Wildman–Crippen LogP) is 5.51. The molecule has 0 spiro atoms. The van der Waals surface area contributed by atoms with E-state index in [1.807, 2.05) is 30.3 Å². The van der Waals surface area contributed by atoms with Gasteiger partial charge in [0.05, 0.1) is 23.1 Å². The van der Waals surface area contributed by atoms with Crippen LogP contribution in [0.5, 0.6) is 17.5 Å². The van der Waals surface area contributed by atoms with Crippen molar-refractivity contribution in [1.29, 1.82) is 0 Å². The molecule has 0 saturated heterocycles. The van der Waals surface area contributed by atoms with E-state index in [1.165, 1.54) is 18.2 Å². The third-order valence-corrected chi connectivity index (χ3v) is 5.82. The molecule has 0 aliphatic heterocycles. The smallest absolute Gasteiger partial charge is 0.230 e. The molecule has 6 aromatic rings. The van der Waals surface area contributed by atoms with Crippen LogP contribution in [0.1, 0.15) is 0 Å². The summed E-state index contributed by atoms with van der Waals surface area (Å²) in [5.41, 5.74) is 8.20. The van der Waals surface area contributed by atoms with E-state index in [2.05, 4.69) is 35.5 Å². The van der Waals surface area contributed by atoms with E-state index >= 15 is 0 Å². The number of nitrogens with one attached hydrogen (secondary N) is 1. The van der Waals surface area contributed by atoms with Gasteiger partial charge in [-0.1, -0.05) is 24.3 Å². The fourth-order valence-corrected chi connectivity index (χ4v) is 4.03. The van der Waals surface area contributed by atoms with Gasteiger partial charge < -0.3 is 20.9 Å². The van der Waals surface area contributed by atoms with Gasteiger partial charge in [0.15, 0.2) is 5.82 Å². The Kier molecular flexibility index (Phi) is 6.06. The average molecular weight is 519 g/mol. The molecule has 2 aromatic carbocycles. The molecule has 0 fully saturated rings. The van der Waals surface area contributed by atoms with Crippen molar-refractivity contribution in [2.24, 2.45) is 0 Å². The van der Waals surface area contributed by atoms with Crippen molar-refractivity contribution in [1.82, 2.24) is 30.1 Å². The van der Waals surface area contributed by atoms with Crippen molar-refractivity contribution in [3.63, 3.8) is 0 Å². The van der Waals surface area contributed by atoms with Gasteiger partial charge >= 0.3 is 0 Å². The fourth-order valence-electron chi connectivity index (χ4n) is 4.03. The fraction of sp³-hybridized carbons (Fsp3) is 0. The molecule has 4 heterocycles. The summed E-state index contributed by atoms with van der Waals surface area (Å²) in [6.07, 6.45) is 4.76. The van der Waals surface area contributed by atoms with Crippen LogP contribution in [0.2, 0.25) is 0 Å². The summed E-state index contributed by atoms with van der Waals surface area (Å²) in [4.78, 5) is 16.9. The maximum Gasteiger partial charge on any atom is 0.230 e. The first-order valence-corrected chi connectivity index (χ1v) is 11.7. The minimum Gasteiger partial charge on any atom is -0.507 e. The van der Waals surface area contributed by atoms with E-state index in [-0.39, 0.29) is 17.3 Å². The van der Waals surface area contributed by atoms with Crippen LogP contribution in [0.25, 0.3) is 33.3 Å². The van der Waals surface area contributed by atoms with E-state index in [0.29, 0.717) is 45.6 Å². The number of aromatic hydroxyl groups is 1. The van der Waals surface area contributed by atoms with Crippen LogP contribution in [-0.4, -0.2) is 35.2 Å². The zero-order chi connectivity index (χ0) is 26.8. The van der Waals surface area contributed by atoms with Crippen LogP contribution >= 0.6 is 0 Å². The number of hydrogen-bond donors (Lipinski definition) is 3. The van der Waals surface area contributed by atoms with Gasteiger partial charge in [-0.2, -0.15) is 0 Å². The number of nitrogens with zero attached hydrogens (tertiary/aromatic N) is 6. The quantitative estimate of drug-likeness (QED) is 0.258. The zero-order valence-corrected chi connectivity index (χ0v) is 20.2. The molecule has 0 amide bonds. The Labute approximate surface area is 221 Å². The Bertz CT molecular complexity index is 1810. The molecule has 0 unspecified atom stereocenters. The molecule has 0 bridgehead atoms. The molecular formula is C28H19FN8O2. The standard InChI is InChI=1S/C28H19FN8O2/c29-16-7-9-23(38)21(14-16)25-18-4-1-2-5-19(18)26(37-36-25)34-17-8-10-24(33-15-17)39-27-20(6-3-12-31-27)22-11-13-32-28(30)35-22/h1-15,38H,(H,34,37)(H2,30,32,35). The lowest BCUT2D eigenvalue weighted by Gasteiger charge is -2.12. The number of aromatic nitrogens is 6. The lowest BCUT2D eigenvalue weighted by molar-refractivity contribution is 0.446. The lowest BCUT2D eigenvalue weighted by Crippen LogP contribution is -2.00. The summed E-state index contributed by atoms with van der Waals surface area (Å²) < 4.78 is 19.8. The molecule has 0 radical (unpaired) electrons. The molecule has 0 aliphatic carbocycles. The second kappa shape index (κ2) is 9.98. The van der Waals surface area contributed by atoms with Gasteiger partial charge in [-0.05, 0) is 42.5 Å². The third kappa shape index (κ3) is 4.83. The van der Waals surface area contributed by atoms with E-state index in [9.17, 15) is 9.50 Å². The number of ether oxygens (including phenoxy) is 1. The number of pyridine rings is 2. The summed E-state index contributed by atoms with van der Waals surface area (Å²) in [6, 6.07) is 19.9. The van der Waals surface area contributed by atoms with Gasteiger partial charge in [-0.3, -0.25) is 0 Å². The Morgan fingerprint density at radius 2 is 1.69 bits per heavy atom. The minimum atomic E-state index is -0.483. The van der Waals surface area contributed by atoms with E-state index in [0.717, 1.165) is 5.39 Å². The van der Waals surface area contributed by atoms with Gasteiger partial charge in [-0.15, -0.1) is 10.2 Å². The number of benzene rings is 2. The average Bonchev–Trinajstić information content (AvgIpc) is 2.96. The zero-order valence-electron chi connectivity index (χ0n) is 20.2. The van der Waals surface area contributed by atoms with Crippen molar-refractivity contribution in [2.45, 2.75) is 0 Å². The van der Waals surface area contributed by atoms with Crippen LogP contribution < -0.4 is 15.8 Å². The minimum absolute atomic E-state index is 0.0874. The molecule has 4 N–H and O–H groups in total. The Hall–Kier alpha value is -5.71. The topological polar surface area (TPSA) is 145 Å². The summed E-state index contributed by atoms with van der Waals surface area (Å²) in [5.74, 6) is 0.674. The number of nitrogens with two attached hydrogens (primary N) is 1. The molecule has 0 atom stereocenters. The SMILES string of the molecule is Nc1nccc(-c2cccnc2Oc2ccc(Nc3nnc(-c4cc(F)ccc4O)c4ccccc34)cn2)n1. The van der Waals surface area contributed by atoms with Gasteiger partial charge in [-0.25, -0.2) is 24.3 Å². The summed E-state index contributed by atoms with van der Waals surface area (Å²) in [7, 11) is 0. The monoisotopic (exact) mass is 518 g/mol. The summed E-state index contributed by atoms with van der Waals surface area (Å²) >= 11 is 0. The van der Waals surface area contributed by atoms with Crippen molar-refractivity contribution in [2.75, 3.05) is 11.1 Å². The first kappa shape index (κ1) is 23.7. The van der Waals surface area contributed by atoms with Gasteiger partial charge in [0, 0.05) is 34.8 Å². The van der Waals surface area contributed by atoms with Crippen molar-refractivity contribution < 1.29 is 14.2 Å². The molecule has 11 heteroatoms. The van der Waals surface area contributed by atoms with Crippen molar-refractivity contribution in [3.05, 3.63) is 97.2 Å². The van der Waals surface area contributed by atoms with E-state index in [4.69, 9.17) is 10.5 Å². The number of phenolic OH excluding ortho intramolecular Hbond substituents is 1. The predicted molar refractivity (Wildman–Crippen MR) is 144 cm³/mol. The highest BCUT2D eigenvalue weighted by Crippen LogP contribution is 2.36. The molecule has 39 heavy (non-hydrogen) atoms. The lowest BCUT2D eigenvalue weighted by atomic mass is 10.0. The molecule has 10 nitrogen and oxygen atoms in total. The number of phenols is 1. The van der Waals surface area contributed by atoms with Crippen LogP contribution in [0.3, 0.4) is 0 Å². The summed E-state index contributed by atoms with van der Waals surface area (Å²) in [6.45, 7) is 0.